The molecule has 1 aliphatic carbocycles. The zero-order chi connectivity index (χ0) is 13.2. The average molecular weight is 246 g/mol. The summed E-state index contributed by atoms with van der Waals surface area (Å²) in [5, 5.41) is 38.1. The molecular weight excluding hydrogens is 232 g/mol. The van der Waals surface area contributed by atoms with Gasteiger partial charge in [-0.1, -0.05) is 12.2 Å². The molecule has 4 heteroatoms. The molecule has 18 heavy (non-hydrogen) atoms. The zero-order valence-electron chi connectivity index (χ0n) is 9.61. The van der Waals surface area contributed by atoms with Crippen molar-refractivity contribution in [1.29, 1.82) is 0 Å². The smallest absolute Gasteiger partial charge is 0.119 e. The molecule has 0 saturated carbocycles. The van der Waals surface area contributed by atoms with Crippen molar-refractivity contribution >= 4 is 6.08 Å². The summed E-state index contributed by atoms with van der Waals surface area (Å²) in [4.78, 5) is 0. The molecule has 94 valence electrons. The molecule has 1 aliphatic rings. The van der Waals surface area contributed by atoms with Crippen LogP contribution in [0.4, 0.5) is 0 Å². The summed E-state index contributed by atoms with van der Waals surface area (Å²) in [6.45, 7) is 0. The number of allylic oxidation sites excluding steroid dienone is 2. The number of hydrogen-bond acceptors (Lipinski definition) is 4. The van der Waals surface area contributed by atoms with Gasteiger partial charge in [0, 0.05) is 12.5 Å². The maximum absolute atomic E-state index is 10.1. The Labute approximate surface area is 104 Å². The van der Waals surface area contributed by atoms with Crippen molar-refractivity contribution in [2.24, 2.45) is 0 Å². The number of hydrogen-bond donors (Lipinski definition) is 4. The van der Waals surface area contributed by atoms with Crippen LogP contribution in [0.2, 0.25) is 0 Å². The van der Waals surface area contributed by atoms with Gasteiger partial charge in [-0.15, -0.1) is 0 Å². The predicted molar refractivity (Wildman–Crippen MR) is 68.2 cm³/mol. The maximum atomic E-state index is 10.1. The van der Waals surface area contributed by atoms with Gasteiger partial charge in [0.1, 0.15) is 17.1 Å². The molecule has 4 N–H and O–H groups in total. The number of aliphatic hydroxyl groups is 2. The summed E-state index contributed by atoms with van der Waals surface area (Å²) in [6.07, 6.45) is 7.82. The van der Waals surface area contributed by atoms with E-state index < -0.39 is 5.60 Å². The third-order valence-electron chi connectivity index (χ3n) is 2.63. The number of aliphatic hydroxyl groups excluding tert-OH is 1. The third-order valence-corrected chi connectivity index (χ3v) is 2.63. The quantitative estimate of drug-likeness (QED) is 0.645. The van der Waals surface area contributed by atoms with Gasteiger partial charge in [0.15, 0.2) is 0 Å². The molecule has 0 saturated heterocycles. The molecule has 0 bridgehead atoms. The van der Waals surface area contributed by atoms with Crippen molar-refractivity contribution in [2.75, 3.05) is 0 Å². The van der Waals surface area contributed by atoms with Crippen LogP contribution in [0.1, 0.15) is 12.0 Å². The van der Waals surface area contributed by atoms with E-state index in [1.165, 1.54) is 30.4 Å². The van der Waals surface area contributed by atoms with Gasteiger partial charge in [0.2, 0.25) is 0 Å². The van der Waals surface area contributed by atoms with Gasteiger partial charge in [-0.25, -0.2) is 0 Å². The molecule has 0 aromatic heterocycles. The highest BCUT2D eigenvalue weighted by Gasteiger charge is 2.23. The minimum atomic E-state index is -1.25. The monoisotopic (exact) mass is 246 g/mol. The van der Waals surface area contributed by atoms with Gasteiger partial charge in [-0.3, -0.25) is 0 Å². The molecular formula is C14H14O4. The summed E-state index contributed by atoms with van der Waals surface area (Å²) >= 11 is 0. The Morgan fingerprint density at radius 1 is 1.06 bits per heavy atom. The van der Waals surface area contributed by atoms with Crippen molar-refractivity contribution in [3.8, 4) is 11.5 Å². The molecule has 2 rings (SSSR count). The van der Waals surface area contributed by atoms with Gasteiger partial charge in [-0.05, 0) is 35.9 Å². The van der Waals surface area contributed by atoms with Crippen molar-refractivity contribution in [3.05, 3.63) is 53.8 Å². The van der Waals surface area contributed by atoms with Gasteiger partial charge in [-0.2, -0.15) is 0 Å². The predicted octanol–water partition coefficient (Wildman–Crippen LogP) is 2.24. The molecule has 1 aromatic rings. The Kier molecular flexibility index (Phi) is 3.12. The molecule has 0 heterocycles. The van der Waals surface area contributed by atoms with Crippen molar-refractivity contribution in [2.45, 2.75) is 12.0 Å². The lowest BCUT2D eigenvalue weighted by Crippen LogP contribution is -2.24. The van der Waals surface area contributed by atoms with Gasteiger partial charge in [0.05, 0.1) is 5.76 Å². The second kappa shape index (κ2) is 4.58. The molecule has 1 unspecified atom stereocenters. The summed E-state index contributed by atoms with van der Waals surface area (Å²) in [5.41, 5.74) is -0.691. The first-order valence-electron chi connectivity index (χ1n) is 5.49. The zero-order valence-corrected chi connectivity index (χ0v) is 9.61. The first kappa shape index (κ1) is 12.3. The van der Waals surface area contributed by atoms with Crippen LogP contribution < -0.4 is 0 Å². The lowest BCUT2D eigenvalue weighted by molar-refractivity contribution is 0.126. The SMILES string of the molecule is OC1=CC=CC(O)(C=Cc2cc(O)cc(O)c2)C1. The van der Waals surface area contributed by atoms with Crippen molar-refractivity contribution in [3.63, 3.8) is 0 Å². The maximum Gasteiger partial charge on any atom is 0.119 e. The average Bonchev–Trinajstić information content (AvgIpc) is 2.25. The number of rotatable bonds is 2. The lowest BCUT2D eigenvalue weighted by atomic mass is 9.93. The Hall–Kier alpha value is -2.20. The van der Waals surface area contributed by atoms with E-state index in [0.29, 0.717) is 5.56 Å². The standard InChI is InChI=1S/C14H14O4/c15-11-2-1-4-14(18,9-11)5-3-10-6-12(16)8-13(17)7-10/h1-8,15-18H,9H2. The first-order chi connectivity index (χ1) is 8.47. The van der Waals surface area contributed by atoms with Crippen LogP contribution in [-0.2, 0) is 0 Å². The summed E-state index contributed by atoms with van der Waals surface area (Å²) < 4.78 is 0. The van der Waals surface area contributed by atoms with Gasteiger partial charge >= 0.3 is 0 Å². The van der Waals surface area contributed by atoms with E-state index in [4.69, 9.17) is 0 Å². The lowest BCUT2D eigenvalue weighted by Gasteiger charge is -2.22. The van der Waals surface area contributed by atoms with E-state index in [1.54, 1.807) is 18.2 Å². The first-order valence-corrected chi connectivity index (χ1v) is 5.49. The fourth-order valence-corrected chi connectivity index (χ4v) is 1.80. The molecule has 1 atom stereocenters. The Balaban J connectivity index is 2.20. The van der Waals surface area contributed by atoms with Crippen LogP contribution in [0.5, 0.6) is 11.5 Å². The fraction of sp³-hybridized carbons (Fsp3) is 0.143. The number of aromatic hydroxyl groups is 2. The third kappa shape index (κ3) is 2.93. The van der Waals surface area contributed by atoms with Crippen LogP contribution in [0.15, 0.2) is 48.3 Å². The fourth-order valence-electron chi connectivity index (χ4n) is 1.80. The number of phenolic OH excluding ortho intramolecular Hbond substituents is 2. The topological polar surface area (TPSA) is 80.9 Å². The second-order valence-electron chi connectivity index (χ2n) is 4.30. The van der Waals surface area contributed by atoms with Crippen LogP contribution >= 0.6 is 0 Å². The molecule has 0 aliphatic heterocycles. The van der Waals surface area contributed by atoms with Gasteiger partial charge < -0.3 is 20.4 Å². The highest BCUT2D eigenvalue weighted by atomic mass is 16.3. The van der Waals surface area contributed by atoms with Crippen molar-refractivity contribution < 1.29 is 20.4 Å². The van der Waals surface area contributed by atoms with Crippen LogP contribution in [0.25, 0.3) is 6.08 Å². The summed E-state index contributed by atoms with van der Waals surface area (Å²) in [7, 11) is 0. The van der Waals surface area contributed by atoms with E-state index in [0.717, 1.165) is 0 Å². The largest absolute Gasteiger partial charge is 0.512 e. The highest BCUT2D eigenvalue weighted by Crippen LogP contribution is 2.26. The molecule has 0 fully saturated rings. The van der Waals surface area contributed by atoms with Crippen LogP contribution in [0.3, 0.4) is 0 Å². The number of benzene rings is 1. The summed E-state index contributed by atoms with van der Waals surface area (Å²) in [5.74, 6) is -0.00413. The molecule has 0 radical (unpaired) electrons. The minimum absolute atomic E-state index is 0.0523. The van der Waals surface area contributed by atoms with Crippen LogP contribution in [0, 0.1) is 0 Å². The molecule has 0 amide bonds. The highest BCUT2D eigenvalue weighted by molar-refractivity contribution is 5.56. The molecule has 4 nitrogen and oxygen atoms in total. The van der Waals surface area contributed by atoms with Crippen LogP contribution in [-0.4, -0.2) is 26.0 Å². The van der Waals surface area contributed by atoms with E-state index in [9.17, 15) is 20.4 Å². The van der Waals surface area contributed by atoms with E-state index in [2.05, 4.69) is 0 Å². The Morgan fingerprint density at radius 2 is 1.72 bits per heavy atom. The number of phenols is 2. The molecule has 0 spiro atoms. The second-order valence-corrected chi connectivity index (χ2v) is 4.30. The van der Waals surface area contributed by atoms with E-state index in [1.807, 2.05) is 0 Å². The van der Waals surface area contributed by atoms with Crippen molar-refractivity contribution in [1.82, 2.24) is 0 Å². The molecule has 1 aromatic carbocycles. The van der Waals surface area contributed by atoms with E-state index >= 15 is 0 Å². The normalized spacial score (nSPS) is 23.3. The van der Waals surface area contributed by atoms with Gasteiger partial charge in [0.25, 0.3) is 0 Å². The Morgan fingerprint density at radius 3 is 2.33 bits per heavy atom. The minimum Gasteiger partial charge on any atom is -0.512 e. The summed E-state index contributed by atoms with van der Waals surface area (Å²) in [6, 6.07) is 4.14. The van der Waals surface area contributed by atoms with E-state index in [-0.39, 0.29) is 23.7 Å². The Bertz CT molecular complexity index is 522.